The Morgan fingerprint density at radius 1 is 1.47 bits per heavy atom. The zero-order chi connectivity index (χ0) is 14.3. The molecular weight excluding hydrogens is 262 g/mol. The van der Waals surface area contributed by atoms with Crippen LogP contribution in [0.5, 0.6) is 5.75 Å². The van der Waals surface area contributed by atoms with Gasteiger partial charge in [-0.1, -0.05) is 13.8 Å². The van der Waals surface area contributed by atoms with Crippen molar-refractivity contribution in [2.24, 2.45) is 5.41 Å². The lowest BCUT2D eigenvalue weighted by Crippen LogP contribution is -2.37. The van der Waals surface area contributed by atoms with E-state index in [1.54, 1.807) is 13.2 Å². The van der Waals surface area contributed by atoms with Crippen LogP contribution in [0.3, 0.4) is 0 Å². The number of rotatable bonds is 8. The number of hydrogen-bond acceptors (Lipinski definition) is 4. The highest BCUT2D eigenvalue weighted by molar-refractivity contribution is 7.12. The molecule has 0 aromatic carbocycles. The molecule has 0 aliphatic rings. The molecule has 0 aliphatic heterocycles. The van der Waals surface area contributed by atoms with Gasteiger partial charge in [-0.25, -0.2) is 0 Å². The summed E-state index contributed by atoms with van der Waals surface area (Å²) in [4.78, 5) is 12.7. The van der Waals surface area contributed by atoms with Crippen molar-refractivity contribution in [2.45, 2.75) is 33.1 Å². The second kappa shape index (κ2) is 7.50. The van der Waals surface area contributed by atoms with Crippen molar-refractivity contribution in [1.82, 2.24) is 5.32 Å². The number of carbonyl (C=O) groups excluding carboxylic acids is 1. The van der Waals surface area contributed by atoms with Crippen molar-refractivity contribution < 1.29 is 14.6 Å². The van der Waals surface area contributed by atoms with E-state index < -0.39 is 0 Å². The highest BCUT2D eigenvalue weighted by Crippen LogP contribution is 2.29. The van der Waals surface area contributed by atoms with E-state index in [1.165, 1.54) is 11.3 Å². The zero-order valence-electron chi connectivity index (χ0n) is 11.9. The fourth-order valence-electron chi connectivity index (χ4n) is 2.08. The molecule has 5 heteroatoms. The molecule has 1 rings (SSSR count). The molecule has 0 unspecified atom stereocenters. The molecule has 1 aromatic heterocycles. The lowest BCUT2D eigenvalue weighted by Gasteiger charge is -2.31. The van der Waals surface area contributed by atoms with Gasteiger partial charge in [0.05, 0.1) is 12.0 Å². The molecule has 4 nitrogen and oxygen atoms in total. The molecule has 0 saturated carbocycles. The van der Waals surface area contributed by atoms with E-state index >= 15 is 0 Å². The molecule has 0 radical (unpaired) electrons. The number of ether oxygens (including phenoxy) is 1. The van der Waals surface area contributed by atoms with Crippen molar-refractivity contribution in [3.63, 3.8) is 0 Å². The number of carbonyl (C=O) groups is 1. The quantitative estimate of drug-likeness (QED) is 0.772. The number of methoxy groups -OCH3 is 1. The van der Waals surface area contributed by atoms with Crippen LogP contribution in [0.2, 0.25) is 0 Å². The predicted octanol–water partition coefficient (Wildman–Crippen LogP) is 2.68. The monoisotopic (exact) mass is 285 g/mol. The third-order valence-corrected chi connectivity index (χ3v) is 4.71. The maximum atomic E-state index is 12.0. The van der Waals surface area contributed by atoms with Crippen LogP contribution in [0.4, 0.5) is 0 Å². The molecule has 0 saturated heterocycles. The molecule has 1 aromatic rings. The van der Waals surface area contributed by atoms with Gasteiger partial charge in [0.2, 0.25) is 0 Å². The van der Waals surface area contributed by atoms with Crippen LogP contribution < -0.4 is 10.1 Å². The van der Waals surface area contributed by atoms with Gasteiger partial charge in [0.15, 0.2) is 0 Å². The normalized spacial score (nSPS) is 11.4. The van der Waals surface area contributed by atoms with Gasteiger partial charge in [-0.15, -0.1) is 11.3 Å². The molecule has 0 aliphatic carbocycles. The van der Waals surface area contributed by atoms with Gasteiger partial charge in [-0.05, 0) is 24.7 Å². The molecule has 0 fully saturated rings. The van der Waals surface area contributed by atoms with Gasteiger partial charge in [-0.3, -0.25) is 4.79 Å². The second-order valence-electron chi connectivity index (χ2n) is 4.71. The minimum Gasteiger partial charge on any atom is -0.496 e. The number of amides is 1. The third kappa shape index (κ3) is 4.21. The summed E-state index contributed by atoms with van der Waals surface area (Å²) in [6, 6.07) is 1.74. The Labute approximate surface area is 118 Å². The standard InChI is InChI=1S/C14H23NO3S/c1-4-14(5-2,6-7-16)10-15-13(17)12-8-11(18-3)9-19-12/h8-9,16H,4-7,10H2,1-3H3,(H,15,17). The van der Waals surface area contributed by atoms with Crippen molar-refractivity contribution >= 4 is 17.2 Å². The van der Waals surface area contributed by atoms with Crippen LogP contribution in [0.15, 0.2) is 11.4 Å². The summed E-state index contributed by atoms with van der Waals surface area (Å²) >= 11 is 1.37. The summed E-state index contributed by atoms with van der Waals surface area (Å²) in [5.41, 5.74) is -0.00818. The van der Waals surface area contributed by atoms with E-state index in [1.807, 2.05) is 5.38 Å². The van der Waals surface area contributed by atoms with Crippen LogP contribution in [-0.2, 0) is 0 Å². The molecule has 1 amide bonds. The number of thiophene rings is 1. The third-order valence-electron chi connectivity index (χ3n) is 3.80. The van der Waals surface area contributed by atoms with Gasteiger partial charge >= 0.3 is 0 Å². The van der Waals surface area contributed by atoms with Gasteiger partial charge in [0, 0.05) is 24.6 Å². The van der Waals surface area contributed by atoms with E-state index in [4.69, 9.17) is 9.84 Å². The molecular formula is C14H23NO3S. The largest absolute Gasteiger partial charge is 0.496 e. The number of nitrogens with one attached hydrogen (secondary N) is 1. The first-order chi connectivity index (χ1) is 9.10. The van der Waals surface area contributed by atoms with Gasteiger partial charge in [0.25, 0.3) is 5.91 Å². The van der Waals surface area contributed by atoms with Gasteiger partial charge in [-0.2, -0.15) is 0 Å². The van der Waals surface area contributed by atoms with Crippen LogP contribution in [-0.4, -0.2) is 31.3 Å². The van der Waals surface area contributed by atoms with Crippen LogP contribution in [0.1, 0.15) is 42.8 Å². The van der Waals surface area contributed by atoms with E-state index in [0.717, 1.165) is 12.8 Å². The maximum Gasteiger partial charge on any atom is 0.261 e. The first-order valence-electron chi connectivity index (χ1n) is 6.62. The number of aliphatic hydroxyl groups is 1. The van der Waals surface area contributed by atoms with Gasteiger partial charge < -0.3 is 15.2 Å². The molecule has 2 N–H and O–H groups in total. The average Bonchev–Trinajstić information content (AvgIpc) is 2.92. The molecule has 0 bridgehead atoms. The summed E-state index contributed by atoms with van der Waals surface area (Å²) < 4.78 is 5.07. The Morgan fingerprint density at radius 2 is 2.16 bits per heavy atom. The second-order valence-corrected chi connectivity index (χ2v) is 5.63. The Hall–Kier alpha value is -1.07. The average molecular weight is 285 g/mol. The minimum absolute atomic E-state index is 0.00818. The van der Waals surface area contributed by atoms with Crippen LogP contribution in [0, 0.1) is 5.41 Å². The Morgan fingerprint density at radius 3 is 2.63 bits per heavy atom. The highest BCUT2D eigenvalue weighted by Gasteiger charge is 2.26. The highest BCUT2D eigenvalue weighted by atomic mass is 32.1. The van der Waals surface area contributed by atoms with Crippen molar-refractivity contribution in [2.75, 3.05) is 20.3 Å². The number of aliphatic hydroxyl groups excluding tert-OH is 1. The molecule has 19 heavy (non-hydrogen) atoms. The van der Waals surface area contributed by atoms with E-state index in [9.17, 15) is 4.79 Å². The predicted molar refractivity (Wildman–Crippen MR) is 77.9 cm³/mol. The van der Waals surface area contributed by atoms with Crippen LogP contribution in [0.25, 0.3) is 0 Å². The Balaban J connectivity index is 2.61. The van der Waals surface area contributed by atoms with Crippen molar-refractivity contribution in [3.8, 4) is 5.75 Å². The van der Waals surface area contributed by atoms with Crippen molar-refractivity contribution in [3.05, 3.63) is 16.3 Å². The minimum atomic E-state index is -0.0717. The zero-order valence-corrected chi connectivity index (χ0v) is 12.7. The Bertz CT molecular complexity index is 399. The maximum absolute atomic E-state index is 12.0. The lowest BCUT2D eigenvalue weighted by atomic mass is 9.79. The summed E-state index contributed by atoms with van der Waals surface area (Å²) in [6.07, 6.45) is 2.60. The lowest BCUT2D eigenvalue weighted by molar-refractivity contribution is 0.0911. The first-order valence-corrected chi connectivity index (χ1v) is 7.50. The van der Waals surface area contributed by atoms with E-state index in [2.05, 4.69) is 19.2 Å². The fraction of sp³-hybridized carbons (Fsp3) is 0.643. The van der Waals surface area contributed by atoms with Crippen molar-refractivity contribution in [1.29, 1.82) is 0 Å². The summed E-state index contributed by atoms with van der Waals surface area (Å²) in [5.74, 6) is 0.639. The molecule has 0 atom stereocenters. The first kappa shape index (κ1) is 16.0. The summed E-state index contributed by atoms with van der Waals surface area (Å²) in [5, 5.41) is 13.9. The summed E-state index contributed by atoms with van der Waals surface area (Å²) in [6.45, 7) is 4.95. The molecule has 1 heterocycles. The fourth-order valence-corrected chi connectivity index (χ4v) is 2.85. The molecule has 108 valence electrons. The van der Waals surface area contributed by atoms with E-state index in [0.29, 0.717) is 23.6 Å². The number of hydrogen-bond donors (Lipinski definition) is 2. The van der Waals surface area contributed by atoms with Crippen LogP contribution >= 0.6 is 11.3 Å². The summed E-state index contributed by atoms with van der Waals surface area (Å²) in [7, 11) is 1.59. The molecule has 0 spiro atoms. The topological polar surface area (TPSA) is 58.6 Å². The Kier molecular flexibility index (Phi) is 6.31. The smallest absolute Gasteiger partial charge is 0.261 e. The SMILES string of the molecule is CCC(CC)(CCO)CNC(=O)c1cc(OC)cs1. The van der Waals surface area contributed by atoms with Gasteiger partial charge in [0.1, 0.15) is 5.75 Å². The van der Waals surface area contributed by atoms with E-state index in [-0.39, 0.29) is 17.9 Å².